The molecule has 0 aliphatic carbocycles. The van der Waals surface area contributed by atoms with Crippen LogP contribution in [-0.2, 0) is 19.1 Å². The predicted octanol–water partition coefficient (Wildman–Crippen LogP) is 1.08. The first-order valence-corrected chi connectivity index (χ1v) is 4.87. The molecule has 0 bridgehead atoms. The highest BCUT2D eigenvalue weighted by molar-refractivity contribution is 5.81. The van der Waals surface area contributed by atoms with Gasteiger partial charge in [-0.2, -0.15) is 0 Å². The quantitative estimate of drug-likeness (QED) is 0.666. The lowest BCUT2D eigenvalue weighted by Crippen LogP contribution is -2.35. The Balaban J connectivity index is 2.61. The average molecular weight is 200 g/mol. The minimum absolute atomic E-state index is 0.0178. The third-order valence-corrected chi connectivity index (χ3v) is 2.19. The Morgan fingerprint density at radius 3 is 2.21 bits per heavy atom. The van der Waals surface area contributed by atoms with Gasteiger partial charge in [0.2, 0.25) is 0 Å². The number of ether oxygens (including phenoxy) is 2. The minimum Gasteiger partial charge on any atom is -0.347 e. The van der Waals surface area contributed by atoms with E-state index in [1.165, 1.54) is 6.92 Å². The molecule has 4 heteroatoms. The number of ketones is 2. The van der Waals surface area contributed by atoms with Gasteiger partial charge in [-0.3, -0.25) is 9.59 Å². The van der Waals surface area contributed by atoms with E-state index in [0.717, 1.165) is 0 Å². The Morgan fingerprint density at radius 2 is 1.79 bits per heavy atom. The van der Waals surface area contributed by atoms with E-state index in [1.807, 2.05) is 0 Å². The van der Waals surface area contributed by atoms with Crippen LogP contribution in [0, 0.1) is 0 Å². The topological polar surface area (TPSA) is 52.6 Å². The Labute approximate surface area is 83.6 Å². The maximum absolute atomic E-state index is 11.3. The smallest absolute Gasteiger partial charge is 0.182 e. The first-order valence-electron chi connectivity index (χ1n) is 4.87. The van der Waals surface area contributed by atoms with Crippen LogP contribution < -0.4 is 0 Å². The van der Waals surface area contributed by atoms with E-state index < -0.39 is 5.79 Å². The van der Waals surface area contributed by atoms with Gasteiger partial charge in [0, 0.05) is 6.42 Å². The molecule has 1 fully saturated rings. The highest BCUT2D eigenvalue weighted by Crippen LogP contribution is 2.28. The summed E-state index contributed by atoms with van der Waals surface area (Å²) in [5.41, 5.74) is 0. The molecule has 1 saturated heterocycles. The first kappa shape index (κ1) is 11.3. The number of carbonyl (C=O) groups is 2. The Morgan fingerprint density at radius 1 is 1.21 bits per heavy atom. The van der Waals surface area contributed by atoms with E-state index in [9.17, 15) is 9.59 Å². The van der Waals surface area contributed by atoms with Gasteiger partial charge in [-0.15, -0.1) is 0 Å². The molecule has 1 heterocycles. The van der Waals surface area contributed by atoms with E-state index in [0.29, 0.717) is 19.6 Å². The summed E-state index contributed by atoms with van der Waals surface area (Å²) in [6.07, 6.45) is 0.800. The molecule has 0 aromatic rings. The fraction of sp³-hybridized carbons (Fsp3) is 0.800. The van der Waals surface area contributed by atoms with Crippen LogP contribution in [0.2, 0.25) is 0 Å². The van der Waals surface area contributed by atoms with E-state index in [-0.39, 0.29) is 24.4 Å². The third kappa shape index (κ3) is 2.89. The van der Waals surface area contributed by atoms with E-state index in [4.69, 9.17) is 9.47 Å². The zero-order valence-electron chi connectivity index (χ0n) is 8.67. The Bertz CT molecular complexity index is 228. The summed E-state index contributed by atoms with van der Waals surface area (Å²) in [4.78, 5) is 22.3. The van der Waals surface area contributed by atoms with E-state index in [2.05, 4.69) is 0 Å². The number of carbonyl (C=O) groups excluding carboxylic acids is 2. The lowest BCUT2D eigenvalue weighted by molar-refractivity contribution is -0.175. The highest BCUT2D eigenvalue weighted by atomic mass is 16.7. The number of Topliss-reactive ketones (excluding diaryl/α,β-unsaturated/α-hetero) is 2. The van der Waals surface area contributed by atoms with Crippen molar-refractivity contribution < 1.29 is 19.1 Å². The summed E-state index contributed by atoms with van der Waals surface area (Å²) in [5, 5.41) is 0. The number of hydrogen-bond acceptors (Lipinski definition) is 4. The lowest BCUT2D eigenvalue weighted by atomic mass is 10.0. The third-order valence-electron chi connectivity index (χ3n) is 2.19. The summed E-state index contributed by atoms with van der Waals surface area (Å²) < 4.78 is 10.7. The van der Waals surface area contributed by atoms with Crippen LogP contribution in [0.4, 0.5) is 0 Å². The maximum Gasteiger partial charge on any atom is 0.182 e. The summed E-state index contributed by atoms with van der Waals surface area (Å²) in [7, 11) is 0. The first-order chi connectivity index (χ1) is 6.58. The molecule has 4 nitrogen and oxygen atoms in total. The monoisotopic (exact) mass is 200 g/mol. The molecule has 0 atom stereocenters. The van der Waals surface area contributed by atoms with Gasteiger partial charge in [0.1, 0.15) is 11.6 Å². The average Bonchev–Trinajstić information content (AvgIpc) is 2.51. The molecule has 0 unspecified atom stereocenters. The number of rotatable bonds is 5. The fourth-order valence-electron chi connectivity index (χ4n) is 1.57. The molecule has 0 aromatic carbocycles. The van der Waals surface area contributed by atoms with Crippen molar-refractivity contribution in [1.29, 1.82) is 0 Å². The van der Waals surface area contributed by atoms with Gasteiger partial charge in [0.25, 0.3) is 0 Å². The van der Waals surface area contributed by atoms with Crippen LogP contribution >= 0.6 is 0 Å². The zero-order chi connectivity index (χ0) is 10.6. The molecular weight excluding hydrogens is 184 g/mol. The van der Waals surface area contributed by atoms with Gasteiger partial charge in [0.05, 0.1) is 26.1 Å². The maximum atomic E-state index is 11.3. The molecule has 0 radical (unpaired) electrons. The molecule has 1 aliphatic rings. The second-order valence-corrected chi connectivity index (χ2v) is 3.56. The molecule has 1 rings (SSSR count). The standard InChI is InChI=1S/C10H16O4/c1-3-9(12)7-10(6-8(2)11)13-4-5-14-10/h3-7H2,1-2H3. The van der Waals surface area contributed by atoms with Crippen molar-refractivity contribution in [2.24, 2.45) is 0 Å². The van der Waals surface area contributed by atoms with Crippen molar-refractivity contribution in [3.63, 3.8) is 0 Å². The molecular formula is C10H16O4. The lowest BCUT2D eigenvalue weighted by Gasteiger charge is -2.25. The molecule has 1 aliphatic heterocycles. The van der Waals surface area contributed by atoms with Gasteiger partial charge in [-0.1, -0.05) is 6.92 Å². The molecule has 0 N–H and O–H groups in total. The molecule has 0 aromatic heterocycles. The molecule has 14 heavy (non-hydrogen) atoms. The SMILES string of the molecule is CCC(=O)CC1(CC(C)=O)OCCO1. The molecule has 0 saturated carbocycles. The van der Waals surface area contributed by atoms with Crippen LogP contribution in [0.25, 0.3) is 0 Å². The molecule has 0 spiro atoms. The van der Waals surface area contributed by atoms with Gasteiger partial charge in [-0.05, 0) is 6.92 Å². The van der Waals surface area contributed by atoms with Crippen molar-refractivity contribution in [1.82, 2.24) is 0 Å². The summed E-state index contributed by atoms with van der Waals surface area (Å²) in [6.45, 7) is 4.19. The highest BCUT2D eigenvalue weighted by Gasteiger charge is 2.39. The summed E-state index contributed by atoms with van der Waals surface area (Å²) in [5.74, 6) is -0.914. The van der Waals surface area contributed by atoms with Gasteiger partial charge < -0.3 is 9.47 Å². The van der Waals surface area contributed by atoms with E-state index >= 15 is 0 Å². The van der Waals surface area contributed by atoms with Crippen LogP contribution in [0.5, 0.6) is 0 Å². The van der Waals surface area contributed by atoms with Crippen molar-refractivity contribution in [3.05, 3.63) is 0 Å². The van der Waals surface area contributed by atoms with Crippen LogP contribution in [0.15, 0.2) is 0 Å². The van der Waals surface area contributed by atoms with Crippen molar-refractivity contribution in [3.8, 4) is 0 Å². The van der Waals surface area contributed by atoms with Gasteiger partial charge in [0.15, 0.2) is 5.79 Å². The number of hydrogen-bond donors (Lipinski definition) is 0. The largest absolute Gasteiger partial charge is 0.347 e. The van der Waals surface area contributed by atoms with Crippen LogP contribution in [0.3, 0.4) is 0 Å². The fourth-order valence-corrected chi connectivity index (χ4v) is 1.57. The molecule has 0 amide bonds. The van der Waals surface area contributed by atoms with Crippen LogP contribution in [-0.4, -0.2) is 30.6 Å². The van der Waals surface area contributed by atoms with Crippen molar-refractivity contribution in [2.75, 3.05) is 13.2 Å². The van der Waals surface area contributed by atoms with E-state index in [1.54, 1.807) is 6.92 Å². The second-order valence-electron chi connectivity index (χ2n) is 3.56. The zero-order valence-corrected chi connectivity index (χ0v) is 8.67. The van der Waals surface area contributed by atoms with Gasteiger partial charge in [-0.25, -0.2) is 0 Å². The normalized spacial score (nSPS) is 19.6. The van der Waals surface area contributed by atoms with Gasteiger partial charge >= 0.3 is 0 Å². The summed E-state index contributed by atoms with van der Waals surface area (Å²) >= 11 is 0. The Kier molecular flexibility index (Phi) is 3.77. The molecule has 80 valence electrons. The minimum atomic E-state index is -0.959. The van der Waals surface area contributed by atoms with Crippen LogP contribution in [0.1, 0.15) is 33.1 Å². The predicted molar refractivity (Wildman–Crippen MR) is 49.8 cm³/mol. The second kappa shape index (κ2) is 4.66. The van der Waals surface area contributed by atoms with Crippen molar-refractivity contribution in [2.45, 2.75) is 38.9 Å². The summed E-state index contributed by atoms with van der Waals surface area (Å²) in [6, 6.07) is 0. The van der Waals surface area contributed by atoms with Crippen molar-refractivity contribution >= 4 is 11.6 Å². The Hall–Kier alpha value is -0.740.